The lowest BCUT2D eigenvalue weighted by Gasteiger charge is -2.10. The van der Waals surface area contributed by atoms with Crippen molar-refractivity contribution in [2.45, 2.75) is 6.54 Å². The van der Waals surface area contributed by atoms with Gasteiger partial charge in [0.1, 0.15) is 5.52 Å². The quantitative estimate of drug-likeness (QED) is 0.529. The van der Waals surface area contributed by atoms with Crippen LogP contribution in [0.2, 0.25) is 0 Å². The molecular weight excluding hydrogens is 324 g/mol. The summed E-state index contributed by atoms with van der Waals surface area (Å²) in [5.41, 5.74) is 6.24. The number of H-pyrrole nitrogens is 1. The molecule has 0 bridgehead atoms. The van der Waals surface area contributed by atoms with Gasteiger partial charge in [-0.3, -0.25) is 5.41 Å². The first kappa shape index (κ1) is 14.7. The zero-order valence-electron chi connectivity index (χ0n) is 13.9. The summed E-state index contributed by atoms with van der Waals surface area (Å²) in [5, 5.41) is 7.92. The van der Waals surface area contributed by atoms with E-state index in [0.29, 0.717) is 12.1 Å². The van der Waals surface area contributed by atoms with Gasteiger partial charge in [0.25, 0.3) is 0 Å². The Labute approximate surface area is 148 Å². The Morgan fingerprint density at radius 3 is 2.73 bits per heavy atom. The van der Waals surface area contributed by atoms with Crippen molar-refractivity contribution in [1.29, 1.82) is 5.41 Å². The van der Waals surface area contributed by atoms with E-state index in [9.17, 15) is 0 Å². The van der Waals surface area contributed by atoms with Crippen LogP contribution in [0.3, 0.4) is 0 Å². The van der Waals surface area contributed by atoms with Gasteiger partial charge in [-0.05, 0) is 29.3 Å². The monoisotopic (exact) mass is 340 g/mol. The summed E-state index contributed by atoms with van der Waals surface area (Å²) < 4.78 is 4.18. The Morgan fingerprint density at radius 2 is 1.85 bits per heavy atom. The predicted octanol–water partition coefficient (Wildman–Crippen LogP) is 3.21. The lowest BCUT2D eigenvalue weighted by atomic mass is 10.1. The number of nitrogens with zero attached hydrogens (tertiary/aromatic N) is 4. The number of hydrogen-bond acceptors (Lipinski definition) is 3. The van der Waals surface area contributed by atoms with E-state index in [0.717, 1.165) is 22.4 Å². The molecule has 4 aromatic heterocycles. The zero-order chi connectivity index (χ0) is 17.5. The van der Waals surface area contributed by atoms with Crippen LogP contribution < -0.4 is 5.49 Å². The molecule has 0 atom stereocenters. The van der Waals surface area contributed by atoms with Crippen LogP contribution in [-0.4, -0.2) is 23.9 Å². The number of pyridine rings is 1. The van der Waals surface area contributed by atoms with Gasteiger partial charge in [-0.25, -0.2) is 9.97 Å². The van der Waals surface area contributed by atoms with Gasteiger partial charge >= 0.3 is 0 Å². The van der Waals surface area contributed by atoms with Crippen LogP contribution in [0.5, 0.6) is 0 Å². The van der Waals surface area contributed by atoms with E-state index in [1.165, 1.54) is 5.56 Å². The van der Waals surface area contributed by atoms with Gasteiger partial charge in [0.2, 0.25) is 0 Å². The van der Waals surface area contributed by atoms with E-state index < -0.39 is 0 Å². The van der Waals surface area contributed by atoms with Gasteiger partial charge in [-0.1, -0.05) is 36.4 Å². The Bertz CT molecular complexity index is 1280. The summed E-state index contributed by atoms with van der Waals surface area (Å²) in [5.74, 6) is 0. The molecule has 5 aromatic rings. The molecule has 0 aliphatic rings. The normalized spacial score (nSPS) is 11.4. The minimum Gasteiger partial charge on any atom is -0.340 e. The van der Waals surface area contributed by atoms with Crippen LogP contribution in [-0.2, 0) is 6.54 Å². The molecule has 4 heterocycles. The Kier molecular flexibility index (Phi) is 3.21. The maximum absolute atomic E-state index is 7.92. The molecular formula is C20H16N6. The number of aromatic amines is 1. The second kappa shape index (κ2) is 5.70. The van der Waals surface area contributed by atoms with E-state index in [4.69, 9.17) is 5.41 Å². The fraction of sp³-hybridized carbons (Fsp3) is 0.0500. The summed E-state index contributed by atoms with van der Waals surface area (Å²) in [6, 6.07) is 18.8. The van der Waals surface area contributed by atoms with Crippen LogP contribution in [0.4, 0.5) is 0 Å². The molecule has 0 fully saturated rings. The van der Waals surface area contributed by atoms with Crippen molar-refractivity contribution in [3.63, 3.8) is 0 Å². The predicted molar refractivity (Wildman–Crippen MR) is 99.7 cm³/mol. The number of imidazole rings is 1. The molecule has 0 unspecified atom stereocenters. The zero-order valence-corrected chi connectivity index (χ0v) is 13.9. The lowest BCUT2D eigenvalue weighted by Crippen LogP contribution is -2.13. The molecule has 0 radical (unpaired) electrons. The molecule has 2 N–H and O–H groups in total. The Morgan fingerprint density at radius 1 is 1.00 bits per heavy atom. The van der Waals surface area contributed by atoms with Crippen molar-refractivity contribution < 1.29 is 0 Å². The molecule has 0 aliphatic carbocycles. The summed E-state index contributed by atoms with van der Waals surface area (Å²) >= 11 is 0. The second-order valence-electron chi connectivity index (χ2n) is 6.20. The fourth-order valence-electron chi connectivity index (χ4n) is 3.45. The molecule has 1 aromatic carbocycles. The van der Waals surface area contributed by atoms with Crippen LogP contribution in [0, 0.1) is 5.41 Å². The Hall–Kier alpha value is -3.67. The van der Waals surface area contributed by atoms with Gasteiger partial charge in [0, 0.05) is 11.7 Å². The third kappa shape index (κ3) is 2.23. The molecule has 0 saturated carbocycles. The molecule has 5 rings (SSSR count). The Balaban J connectivity index is 1.73. The minimum atomic E-state index is 0.207. The number of rotatable bonds is 3. The highest BCUT2D eigenvalue weighted by Gasteiger charge is 2.14. The maximum atomic E-state index is 7.92. The van der Waals surface area contributed by atoms with Crippen molar-refractivity contribution in [2.24, 2.45) is 0 Å². The molecule has 6 heteroatoms. The first-order valence-electron chi connectivity index (χ1n) is 8.39. The van der Waals surface area contributed by atoms with E-state index in [2.05, 4.69) is 61.9 Å². The van der Waals surface area contributed by atoms with Crippen molar-refractivity contribution in [2.75, 3.05) is 0 Å². The number of fused-ring (bicyclic) bond motifs is 2. The molecule has 126 valence electrons. The summed E-state index contributed by atoms with van der Waals surface area (Å²) in [4.78, 5) is 11.6. The van der Waals surface area contributed by atoms with Gasteiger partial charge in [-0.2, -0.15) is 0 Å². The number of benzene rings is 1. The molecule has 6 nitrogen and oxygen atoms in total. The van der Waals surface area contributed by atoms with E-state index in [-0.39, 0.29) is 5.49 Å². The highest BCUT2D eigenvalue weighted by atomic mass is 15.1. The lowest BCUT2D eigenvalue weighted by molar-refractivity contribution is 0.785. The third-order valence-corrected chi connectivity index (χ3v) is 4.60. The van der Waals surface area contributed by atoms with E-state index >= 15 is 0 Å². The molecule has 0 amide bonds. The highest BCUT2D eigenvalue weighted by Crippen LogP contribution is 2.28. The first-order chi connectivity index (χ1) is 12.8. The first-order valence-corrected chi connectivity index (χ1v) is 8.39. The summed E-state index contributed by atoms with van der Waals surface area (Å²) in [7, 11) is 0. The summed E-state index contributed by atoms with van der Waals surface area (Å²) in [6.45, 7) is 0.626. The SMILES string of the molecule is N=c1ncn(Cc2cc3ccccn3c2-c2ccccc2)c2nc[nH]c12. The molecule has 0 aliphatic heterocycles. The van der Waals surface area contributed by atoms with Crippen molar-refractivity contribution in [1.82, 2.24) is 23.9 Å². The van der Waals surface area contributed by atoms with Gasteiger partial charge in [0.05, 0.1) is 24.9 Å². The second-order valence-corrected chi connectivity index (χ2v) is 6.20. The van der Waals surface area contributed by atoms with E-state index in [1.807, 2.05) is 22.8 Å². The van der Waals surface area contributed by atoms with Crippen molar-refractivity contribution in [3.05, 3.63) is 84.5 Å². The molecule has 0 saturated heterocycles. The van der Waals surface area contributed by atoms with Crippen LogP contribution >= 0.6 is 0 Å². The van der Waals surface area contributed by atoms with Crippen LogP contribution in [0.15, 0.2) is 73.4 Å². The van der Waals surface area contributed by atoms with E-state index in [1.54, 1.807) is 12.7 Å². The van der Waals surface area contributed by atoms with Gasteiger partial charge in [0.15, 0.2) is 11.1 Å². The van der Waals surface area contributed by atoms with Crippen molar-refractivity contribution in [3.8, 4) is 11.3 Å². The number of aromatic nitrogens is 5. The maximum Gasteiger partial charge on any atom is 0.173 e. The fourth-order valence-corrected chi connectivity index (χ4v) is 3.45. The minimum absolute atomic E-state index is 0.207. The number of hydrogen-bond donors (Lipinski definition) is 2. The number of nitrogens with one attached hydrogen (secondary N) is 2. The summed E-state index contributed by atoms with van der Waals surface area (Å²) in [6.07, 6.45) is 5.37. The average Bonchev–Trinajstić information content (AvgIpc) is 3.30. The van der Waals surface area contributed by atoms with Crippen LogP contribution in [0.1, 0.15) is 5.56 Å². The van der Waals surface area contributed by atoms with Crippen LogP contribution in [0.25, 0.3) is 27.9 Å². The van der Waals surface area contributed by atoms with Gasteiger partial charge in [-0.15, -0.1) is 0 Å². The third-order valence-electron chi connectivity index (χ3n) is 4.60. The molecule has 0 spiro atoms. The smallest absolute Gasteiger partial charge is 0.173 e. The van der Waals surface area contributed by atoms with Crippen molar-refractivity contribution >= 4 is 16.7 Å². The highest BCUT2D eigenvalue weighted by molar-refractivity contribution is 5.73. The topological polar surface area (TPSA) is 74.8 Å². The standard InChI is InChI=1S/C20H16N6/c21-19-17-20(23-12-22-17)25(13-24-19)11-15-10-16-8-4-5-9-26(16)18(15)14-6-2-1-3-7-14/h1-10,12-13,21H,11H2,(H,22,23). The largest absolute Gasteiger partial charge is 0.340 e. The van der Waals surface area contributed by atoms with Gasteiger partial charge < -0.3 is 14.0 Å². The molecule has 26 heavy (non-hydrogen) atoms. The average molecular weight is 340 g/mol.